The molecule has 6 aromatic rings. The second kappa shape index (κ2) is 37.4. The number of nitrogens with two attached hydrogens (primary N) is 1. The van der Waals surface area contributed by atoms with E-state index < -0.39 is 87.7 Å². The molecule has 5 unspecified atom stereocenters. The van der Waals surface area contributed by atoms with Crippen molar-refractivity contribution in [1.29, 1.82) is 0 Å². The SMILES string of the molecule is CCC1(Cn2ncc(-c3ccc(N4CCc5cccc(C(=O)Nc6nc7ccccc7s6)c5C4)nc3C(=O)O)c2C)CC2(C)CC(C)CC(OCCN(CCN(CCC(=O)O)C(=O)OCc3ccc(NC(=O)[C@H](CCCNC(N)=O)NC(=O)C(NC(=O)CCCCCN4C(=O)C=CC4=O)C(C)C)cc3)CCS(=O)(=O)O)(C2)C1. The van der Waals surface area contributed by atoms with Gasteiger partial charge in [-0.1, -0.05) is 88.8 Å². The molecule has 2 aliphatic heterocycles. The molecule has 0 saturated heterocycles. The molecule has 602 valence electrons. The number of aromatic carboxylic acids is 1. The van der Waals surface area contributed by atoms with Crippen molar-refractivity contribution < 1.29 is 80.6 Å². The lowest BCUT2D eigenvalue weighted by Gasteiger charge is -2.59. The highest BCUT2D eigenvalue weighted by atomic mass is 32.2. The first kappa shape index (κ1) is 84.2. The van der Waals surface area contributed by atoms with Crippen LogP contribution in [0.25, 0.3) is 21.3 Å². The van der Waals surface area contributed by atoms with Crippen LogP contribution in [0.4, 0.5) is 26.2 Å². The van der Waals surface area contributed by atoms with Crippen LogP contribution in [0.3, 0.4) is 0 Å². The van der Waals surface area contributed by atoms with E-state index in [9.17, 15) is 71.1 Å². The summed E-state index contributed by atoms with van der Waals surface area (Å²) in [6, 6.07) is 20.2. The summed E-state index contributed by atoms with van der Waals surface area (Å²) in [7, 11) is -4.46. The first-order valence-electron chi connectivity index (χ1n) is 38.1. The van der Waals surface area contributed by atoms with E-state index >= 15 is 0 Å². The van der Waals surface area contributed by atoms with Gasteiger partial charge in [-0.15, -0.1) is 0 Å². The Morgan fingerprint density at radius 2 is 1.57 bits per heavy atom. The number of pyridine rings is 1. The van der Waals surface area contributed by atoms with Crippen LogP contribution in [0.15, 0.2) is 97.2 Å². The van der Waals surface area contributed by atoms with Crippen LogP contribution in [0.1, 0.15) is 161 Å². The van der Waals surface area contributed by atoms with Crippen molar-refractivity contribution in [1.82, 2.24) is 50.4 Å². The molecule has 31 nitrogen and oxygen atoms in total. The lowest BCUT2D eigenvalue weighted by atomic mass is 9.50. The topological polar surface area (TPSA) is 427 Å². The molecular formula is C79H102N14O17S2. The third-order valence-corrected chi connectivity index (χ3v) is 23.2. The molecule has 5 heterocycles. The highest BCUT2D eigenvalue weighted by Gasteiger charge is 2.57. The maximum absolute atomic E-state index is 13.9. The summed E-state index contributed by atoms with van der Waals surface area (Å²) in [4.78, 5) is 144. The molecule has 3 aromatic heterocycles. The molecule has 112 heavy (non-hydrogen) atoms. The van der Waals surface area contributed by atoms with Gasteiger partial charge in [0.1, 0.15) is 24.5 Å². The van der Waals surface area contributed by atoms with Crippen LogP contribution < -0.4 is 37.2 Å². The Balaban J connectivity index is 0.749. The summed E-state index contributed by atoms with van der Waals surface area (Å²) < 4.78 is 50.3. The van der Waals surface area contributed by atoms with Crippen molar-refractivity contribution in [2.24, 2.45) is 28.4 Å². The van der Waals surface area contributed by atoms with Gasteiger partial charge in [0.25, 0.3) is 27.8 Å². The highest BCUT2D eigenvalue weighted by molar-refractivity contribution is 7.85. The smallest absolute Gasteiger partial charge is 0.410 e. The van der Waals surface area contributed by atoms with Gasteiger partial charge in [0.2, 0.25) is 17.7 Å². The maximum atomic E-state index is 13.9. The fourth-order valence-electron chi connectivity index (χ4n) is 16.4. The third kappa shape index (κ3) is 22.6. The zero-order chi connectivity index (χ0) is 80.7. The standard InChI is InChI=1S/C79H102N14O17S2/c1-7-78(49-93-52(5)58(43-82-93)56-25-26-63(86-69(56)73(102)103)91-33-29-54-15-13-16-57(59(54)44-91)70(99)88-75-85-60-17-10-11-19-62(60)111-75)46-77(6)41-51(4)42-79(47-77,48-78)110-39-37-89(38-40-112(106,107)108)35-36-90(34-30-67(97)98)76(105)109-45-53-21-23-55(24-22-53)83-71(100)61(18-14-31-81-74(80)104)84-72(101)68(50(2)3)87-64(94)20-9-8-12-32-92-65(95)27-28-66(92)96/h10-11,13,15-17,19,21-28,43,50-51,61,68H,7-9,12,14,18,20,29-42,44-49H2,1-6H3,(H,83,100)(H,84,101)(H,87,94)(H,97,98)(H,102,103)(H3,80,81,104)(H,85,88,99)(H,106,107,108)/t51?,61-,68?,77?,78?,79?/m0/s1. The number of urea groups is 1. The number of aromatic nitrogens is 4. The van der Waals surface area contributed by atoms with Crippen molar-refractivity contribution in [2.75, 3.05) is 80.3 Å². The molecule has 0 spiro atoms. The number of carbonyl (C=O) groups excluding carboxylic acids is 8. The van der Waals surface area contributed by atoms with E-state index in [1.54, 1.807) is 61.3 Å². The summed E-state index contributed by atoms with van der Waals surface area (Å²) in [5.41, 5.74) is 9.73. The number of carbonyl (C=O) groups is 10. The fourth-order valence-corrected chi connectivity index (χ4v) is 17.8. The third-order valence-electron chi connectivity index (χ3n) is 21.5. The van der Waals surface area contributed by atoms with E-state index in [1.807, 2.05) is 59.0 Å². The van der Waals surface area contributed by atoms with E-state index in [2.05, 4.69) is 52.3 Å². The Kier molecular flexibility index (Phi) is 28.1. The fraction of sp³-hybridized carbons (Fsp3) is 0.506. The minimum absolute atomic E-state index is 0.0378. The van der Waals surface area contributed by atoms with Gasteiger partial charge in [-0.05, 0) is 159 Å². The molecule has 4 aliphatic rings. The summed E-state index contributed by atoms with van der Waals surface area (Å²) in [6.45, 7) is 13.3. The first-order chi connectivity index (χ1) is 53.3. The quantitative estimate of drug-likeness (QED) is 0.00987. The van der Waals surface area contributed by atoms with Crippen LogP contribution in [0, 0.1) is 29.6 Å². The number of benzene rings is 3. The number of hydrogen-bond acceptors (Lipinski definition) is 20. The summed E-state index contributed by atoms with van der Waals surface area (Å²) >= 11 is 1.39. The lowest BCUT2D eigenvalue weighted by Crippen LogP contribution is -2.56. The number of nitrogens with zero attached hydrogens (tertiary/aromatic N) is 8. The molecule has 6 atom stereocenters. The van der Waals surface area contributed by atoms with E-state index in [0.29, 0.717) is 96.5 Å². The van der Waals surface area contributed by atoms with Crippen molar-refractivity contribution >= 4 is 108 Å². The normalized spacial score (nSPS) is 19.3. The monoisotopic (exact) mass is 1580 g/mol. The average molecular weight is 1580 g/mol. The number of rotatable bonds is 39. The van der Waals surface area contributed by atoms with Crippen LogP contribution in [0.2, 0.25) is 0 Å². The van der Waals surface area contributed by atoms with Crippen LogP contribution >= 0.6 is 11.3 Å². The molecule has 33 heteroatoms. The number of amides is 9. The number of fused-ring (bicyclic) bond motifs is 4. The van der Waals surface area contributed by atoms with Crippen molar-refractivity contribution in [2.45, 2.75) is 169 Å². The number of imide groups is 1. The number of ether oxygens (including phenoxy) is 2. The van der Waals surface area contributed by atoms with Gasteiger partial charge in [-0.2, -0.15) is 13.5 Å². The van der Waals surface area contributed by atoms with Crippen molar-refractivity contribution in [3.8, 4) is 11.1 Å². The molecule has 10 N–H and O–H groups in total. The molecule has 10 rings (SSSR count). The maximum Gasteiger partial charge on any atom is 0.410 e. The number of thiazole rings is 1. The number of aliphatic carboxylic acids is 1. The lowest BCUT2D eigenvalue weighted by molar-refractivity contribution is -0.183. The van der Waals surface area contributed by atoms with Crippen LogP contribution in [-0.2, 0) is 74.5 Å². The Labute approximate surface area is 654 Å². The van der Waals surface area contributed by atoms with Crippen molar-refractivity contribution in [3.05, 3.63) is 131 Å². The van der Waals surface area contributed by atoms with Crippen LogP contribution in [0.5, 0.6) is 0 Å². The number of hydrogen-bond donors (Lipinski definition) is 9. The molecule has 0 radical (unpaired) electrons. The number of unbranched alkanes of at least 4 members (excludes halogenated alkanes) is 2. The summed E-state index contributed by atoms with van der Waals surface area (Å²) in [6.07, 6.45) is 9.96. The number of para-hydroxylation sites is 1. The zero-order valence-electron chi connectivity index (χ0n) is 64.2. The second-order valence-electron chi connectivity index (χ2n) is 30.7. The van der Waals surface area contributed by atoms with Gasteiger partial charge in [-0.25, -0.2) is 24.4 Å². The van der Waals surface area contributed by atoms with Crippen LogP contribution in [-0.4, -0.2) is 200 Å². The predicted octanol–water partition coefficient (Wildman–Crippen LogP) is 8.95. The number of carboxylic acids is 2. The highest BCUT2D eigenvalue weighted by Crippen LogP contribution is 2.61. The van der Waals surface area contributed by atoms with E-state index in [-0.39, 0.29) is 113 Å². The summed E-state index contributed by atoms with van der Waals surface area (Å²) in [5.74, 6) is -5.38. The zero-order valence-corrected chi connectivity index (χ0v) is 65.8. The Morgan fingerprint density at radius 1 is 0.812 bits per heavy atom. The van der Waals surface area contributed by atoms with Gasteiger partial charge < -0.3 is 56.5 Å². The summed E-state index contributed by atoms with van der Waals surface area (Å²) in [5, 5.41) is 39.7. The molecule has 2 saturated carbocycles. The van der Waals surface area contributed by atoms with Gasteiger partial charge in [0, 0.05) is 112 Å². The van der Waals surface area contributed by atoms with E-state index in [0.717, 1.165) is 64.0 Å². The van der Waals surface area contributed by atoms with Gasteiger partial charge in [0.15, 0.2) is 10.8 Å². The van der Waals surface area contributed by atoms with Gasteiger partial charge in [0.05, 0.1) is 40.8 Å². The molecule has 9 amide bonds. The van der Waals surface area contributed by atoms with Crippen molar-refractivity contribution in [3.63, 3.8) is 0 Å². The minimum Gasteiger partial charge on any atom is -0.481 e. The number of nitrogens with one attached hydrogen (secondary N) is 5. The van der Waals surface area contributed by atoms with Gasteiger partial charge >= 0.3 is 24.1 Å². The molecule has 2 fully saturated rings. The largest absolute Gasteiger partial charge is 0.481 e. The Morgan fingerprint density at radius 3 is 2.28 bits per heavy atom. The molecule has 3 aromatic carbocycles. The Bertz CT molecular complexity index is 4560. The van der Waals surface area contributed by atoms with E-state index in [1.165, 1.54) is 28.4 Å². The Hall–Kier alpha value is -10.2. The second-order valence-corrected chi connectivity index (χ2v) is 33.3. The number of anilines is 3. The molecular weight excluding hydrogens is 1480 g/mol. The predicted molar refractivity (Wildman–Crippen MR) is 419 cm³/mol. The minimum atomic E-state index is -4.46. The van der Waals surface area contributed by atoms with Gasteiger partial charge in [-0.3, -0.25) is 57.9 Å². The van der Waals surface area contributed by atoms with E-state index in [4.69, 9.17) is 25.3 Å². The average Bonchev–Trinajstić information content (AvgIpc) is 1.04. The molecule has 2 aliphatic carbocycles. The first-order valence-corrected chi connectivity index (χ1v) is 40.5. The number of primary amides is 1. The molecule has 2 bridgehead atoms. The number of carboxylic acid groups (broad SMARTS) is 2.